The highest BCUT2D eigenvalue weighted by Gasteiger charge is 2.04. The predicted octanol–water partition coefficient (Wildman–Crippen LogP) is 2.48. The Morgan fingerprint density at radius 1 is 1.22 bits per heavy atom. The smallest absolute Gasteiger partial charge is 0.216 e. The summed E-state index contributed by atoms with van der Waals surface area (Å²) >= 11 is 0. The summed E-state index contributed by atoms with van der Waals surface area (Å²) in [6, 6.07) is 7.85. The van der Waals surface area contributed by atoms with Gasteiger partial charge in [-0.05, 0) is 12.1 Å². The zero-order chi connectivity index (χ0) is 13.0. The van der Waals surface area contributed by atoms with Crippen LogP contribution in [-0.2, 0) is 6.54 Å². The molecule has 0 aliphatic carbocycles. The lowest BCUT2D eigenvalue weighted by Crippen LogP contribution is -1.99. The zero-order valence-electron chi connectivity index (χ0n) is 9.89. The van der Waals surface area contributed by atoms with Crippen molar-refractivity contribution in [2.24, 2.45) is 5.73 Å². The van der Waals surface area contributed by atoms with E-state index >= 15 is 0 Å². The van der Waals surface area contributed by atoms with E-state index < -0.39 is 0 Å². The maximum absolute atomic E-state index is 13.5. The van der Waals surface area contributed by atoms with Crippen LogP contribution in [0.25, 0.3) is 0 Å². The van der Waals surface area contributed by atoms with Gasteiger partial charge in [-0.2, -0.15) is 0 Å². The van der Waals surface area contributed by atoms with E-state index in [1.807, 2.05) is 0 Å². The molecular formula is C13H13FN2O2. The third-order valence-corrected chi connectivity index (χ3v) is 2.40. The van der Waals surface area contributed by atoms with E-state index in [9.17, 15) is 4.39 Å². The maximum Gasteiger partial charge on any atom is 0.216 e. The zero-order valence-corrected chi connectivity index (χ0v) is 9.89. The largest absolute Gasteiger partial charge is 0.481 e. The molecule has 0 unspecified atom stereocenters. The minimum absolute atomic E-state index is 0.162. The Balaban J connectivity index is 2.20. The maximum atomic E-state index is 13.5. The molecule has 0 saturated heterocycles. The predicted molar refractivity (Wildman–Crippen MR) is 65.2 cm³/mol. The fourth-order valence-corrected chi connectivity index (χ4v) is 1.46. The highest BCUT2D eigenvalue weighted by molar-refractivity contribution is 5.35. The van der Waals surface area contributed by atoms with Crippen LogP contribution in [0, 0.1) is 5.82 Å². The average Bonchev–Trinajstić information content (AvgIpc) is 2.39. The first-order valence-corrected chi connectivity index (χ1v) is 5.39. The lowest BCUT2D eigenvalue weighted by atomic mass is 10.2. The van der Waals surface area contributed by atoms with Crippen LogP contribution in [-0.4, -0.2) is 12.1 Å². The van der Waals surface area contributed by atoms with Gasteiger partial charge in [0.05, 0.1) is 7.11 Å². The molecule has 2 rings (SSSR count). The lowest BCUT2D eigenvalue weighted by Gasteiger charge is -2.08. The van der Waals surface area contributed by atoms with Crippen molar-refractivity contribution >= 4 is 0 Å². The summed E-state index contributed by atoms with van der Waals surface area (Å²) in [6.45, 7) is 0.162. The van der Waals surface area contributed by atoms with Gasteiger partial charge in [0.2, 0.25) is 5.88 Å². The van der Waals surface area contributed by atoms with Gasteiger partial charge in [0, 0.05) is 30.4 Å². The minimum atomic E-state index is -0.379. The van der Waals surface area contributed by atoms with E-state index in [0.717, 1.165) is 0 Å². The molecule has 4 nitrogen and oxygen atoms in total. The molecule has 0 spiro atoms. The second kappa shape index (κ2) is 5.46. The number of pyridine rings is 1. The summed E-state index contributed by atoms with van der Waals surface area (Å²) in [4.78, 5) is 3.95. The number of hydrogen-bond acceptors (Lipinski definition) is 4. The van der Waals surface area contributed by atoms with Crippen LogP contribution in [0.3, 0.4) is 0 Å². The normalized spacial score (nSPS) is 10.2. The summed E-state index contributed by atoms with van der Waals surface area (Å²) in [5.74, 6) is 0.988. The number of hydrogen-bond donors (Lipinski definition) is 1. The number of rotatable bonds is 4. The Labute approximate surface area is 104 Å². The quantitative estimate of drug-likeness (QED) is 0.903. The van der Waals surface area contributed by atoms with Gasteiger partial charge in [-0.25, -0.2) is 9.37 Å². The third kappa shape index (κ3) is 2.75. The standard InChI is InChI=1S/C13H13FN2O2/c1-17-13-7-11(4-5-16-13)18-10-3-2-9(8-15)12(14)6-10/h2-7H,8,15H2,1H3. The van der Waals surface area contributed by atoms with Crippen LogP contribution in [0.4, 0.5) is 4.39 Å². The van der Waals surface area contributed by atoms with Gasteiger partial charge < -0.3 is 15.2 Å². The van der Waals surface area contributed by atoms with E-state index in [1.165, 1.54) is 13.2 Å². The Morgan fingerprint density at radius 3 is 2.67 bits per heavy atom. The molecular weight excluding hydrogens is 235 g/mol. The van der Waals surface area contributed by atoms with E-state index in [4.69, 9.17) is 15.2 Å². The van der Waals surface area contributed by atoms with Gasteiger partial charge in [0.1, 0.15) is 17.3 Å². The van der Waals surface area contributed by atoms with Crippen LogP contribution in [0.15, 0.2) is 36.5 Å². The van der Waals surface area contributed by atoms with Crippen LogP contribution in [0.2, 0.25) is 0 Å². The molecule has 0 radical (unpaired) electrons. The Hall–Kier alpha value is -2.14. The fourth-order valence-electron chi connectivity index (χ4n) is 1.46. The van der Waals surface area contributed by atoms with Crippen molar-refractivity contribution in [3.8, 4) is 17.4 Å². The van der Waals surface area contributed by atoms with Crippen molar-refractivity contribution in [3.63, 3.8) is 0 Å². The van der Waals surface area contributed by atoms with Crippen LogP contribution in [0.1, 0.15) is 5.56 Å². The molecule has 1 aromatic carbocycles. The molecule has 0 saturated carbocycles. The molecule has 0 amide bonds. The molecule has 94 valence electrons. The minimum Gasteiger partial charge on any atom is -0.481 e. The average molecular weight is 248 g/mol. The number of aromatic nitrogens is 1. The first-order valence-electron chi connectivity index (χ1n) is 5.39. The first-order chi connectivity index (χ1) is 8.72. The highest BCUT2D eigenvalue weighted by Crippen LogP contribution is 2.25. The van der Waals surface area contributed by atoms with E-state index in [0.29, 0.717) is 22.9 Å². The molecule has 1 aromatic heterocycles. The first kappa shape index (κ1) is 12.3. The van der Waals surface area contributed by atoms with Gasteiger partial charge in [-0.15, -0.1) is 0 Å². The molecule has 0 atom stereocenters. The number of nitrogens with zero attached hydrogens (tertiary/aromatic N) is 1. The Kier molecular flexibility index (Phi) is 3.74. The van der Waals surface area contributed by atoms with Crippen molar-refractivity contribution in [2.75, 3.05) is 7.11 Å². The Morgan fingerprint density at radius 2 is 2.00 bits per heavy atom. The fraction of sp³-hybridized carbons (Fsp3) is 0.154. The number of halogens is 1. The van der Waals surface area contributed by atoms with E-state index in [-0.39, 0.29) is 12.4 Å². The van der Waals surface area contributed by atoms with Gasteiger partial charge >= 0.3 is 0 Å². The highest BCUT2D eigenvalue weighted by atomic mass is 19.1. The Bertz CT molecular complexity index is 546. The molecule has 0 fully saturated rings. The summed E-state index contributed by atoms with van der Waals surface area (Å²) in [5.41, 5.74) is 5.84. The van der Waals surface area contributed by atoms with Crippen LogP contribution < -0.4 is 15.2 Å². The van der Waals surface area contributed by atoms with Crippen molar-refractivity contribution in [1.82, 2.24) is 4.98 Å². The molecule has 0 aliphatic heterocycles. The van der Waals surface area contributed by atoms with Crippen molar-refractivity contribution in [1.29, 1.82) is 0 Å². The van der Waals surface area contributed by atoms with E-state index in [2.05, 4.69) is 4.98 Å². The van der Waals surface area contributed by atoms with E-state index in [1.54, 1.807) is 30.5 Å². The molecule has 0 bridgehead atoms. The number of benzene rings is 1. The molecule has 2 N–H and O–H groups in total. The van der Waals surface area contributed by atoms with Crippen LogP contribution in [0.5, 0.6) is 17.4 Å². The molecule has 5 heteroatoms. The topological polar surface area (TPSA) is 57.4 Å². The summed E-state index contributed by atoms with van der Waals surface area (Å²) in [7, 11) is 1.52. The second-order valence-electron chi connectivity index (χ2n) is 3.59. The van der Waals surface area contributed by atoms with Crippen molar-refractivity contribution in [3.05, 3.63) is 47.9 Å². The van der Waals surface area contributed by atoms with Gasteiger partial charge in [0.25, 0.3) is 0 Å². The number of methoxy groups -OCH3 is 1. The van der Waals surface area contributed by atoms with Gasteiger partial charge in [0.15, 0.2) is 0 Å². The molecule has 18 heavy (non-hydrogen) atoms. The molecule has 0 aliphatic rings. The summed E-state index contributed by atoms with van der Waals surface area (Å²) < 4.78 is 24.0. The molecule has 2 aromatic rings. The van der Waals surface area contributed by atoms with Crippen molar-refractivity contribution in [2.45, 2.75) is 6.54 Å². The van der Waals surface area contributed by atoms with Gasteiger partial charge in [-0.3, -0.25) is 0 Å². The monoisotopic (exact) mass is 248 g/mol. The second-order valence-corrected chi connectivity index (χ2v) is 3.59. The summed E-state index contributed by atoms with van der Waals surface area (Å²) in [6.07, 6.45) is 1.55. The molecule has 1 heterocycles. The summed E-state index contributed by atoms with van der Waals surface area (Å²) in [5, 5.41) is 0. The SMILES string of the molecule is COc1cc(Oc2ccc(CN)c(F)c2)ccn1. The number of nitrogens with two attached hydrogens (primary N) is 1. The van der Waals surface area contributed by atoms with Gasteiger partial charge in [-0.1, -0.05) is 6.07 Å². The van der Waals surface area contributed by atoms with Crippen LogP contribution >= 0.6 is 0 Å². The van der Waals surface area contributed by atoms with Crippen molar-refractivity contribution < 1.29 is 13.9 Å². The number of ether oxygens (including phenoxy) is 2. The lowest BCUT2D eigenvalue weighted by molar-refractivity contribution is 0.392. The third-order valence-electron chi connectivity index (χ3n) is 2.40.